The van der Waals surface area contributed by atoms with Gasteiger partial charge in [0.15, 0.2) is 5.13 Å². The van der Waals surface area contributed by atoms with E-state index < -0.39 is 4.92 Å². The Hall–Kier alpha value is -3.43. The van der Waals surface area contributed by atoms with Crippen LogP contribution in [0.2, 0.25) is 0 Å². The lowest BCUT2D eigenvalue weighted by Crippen LogP contribution is -2.12. The third-order valence-electron chi connectivity index (χ3n) is 3.83. The SMILES string of the molecule is O=C(Nc1nc(-c2cccc([N+](=O)[O-])c2)cs1)c1csc(-c2ccccc2)n1. The topological polar surface area (TPSA) is 98.0 Å². The molecule has 138 valence electrons. The summed E-state index contributed by atoms with van der Waals surface area (Å²) in [6.45, 7) is 0. The van der Waals surface area contributed by atoms with Crippen LogP contribution in [-0.4, -0.2) is 20.8 Å². The van der Waals surface area contributed by atoms with Gasteiger partial charge in [0.1, 0.15) is 10.7 Å². The van der Waals surface area contributed by atoms with Gasteiger partial charge in [-0.15, -0.1) is 22.7 Å². The summed E-state index contributed by atoms with van der Waals surface area (Å²) in [6, 6.07) is 15.8. The molecule has 0 aliphatic carbocycles. The number of hydrogen-bond acceptors (Lipinski definition) is 7. The molecule has 1 amide bonds. The van der Waals surface area contributed by atoms with Crippen LogP contribution in [0.3, 0.4) is 0 Å². The van der Waals surface area contributed by atoms with Gasteiger partial charge >= 0.3 is 0 Å². The fraction of sp³-hybridized carbons (Fsp3) is 0. The number of nitrogens with zero attached hydrogens (tertiary/aromatic N) is 3. The van der Waals surface area contributed by atoms with Crippen molar-refractivity contribution in [2.75, 3.05) is 5.32 Å². The highest BCUT2D eigenvalue weighted by molar-refractivity contribution is 7.14. The molecule has 0 saturated heterocycles. The Kier molecular flexibility index (Phi) is 4.92. The van der Waals surface area contributed by atoms with Gasteiger partial charge in [0.2, 0.25) is 0 Å². The number of thiazole rings is 2. The molecule has 4 rings (SSSR count). The number of aromatic nitrogens is 2. The van der Waals surface area contributed by atoms with E-state index in [1.807, 2.05) is 30.3 Å². The molecular weight excluding hydrogens is 396 g/mol. The van der Waals surface area contributed by atoms with E-state index in [4.69, 9.17) is 0 Å². The molecule has 0 bridgehead atoms. The Morgan fingerprint density at radius 1 is 0.964 bits per heavy atom. The lowest BCUT2D eigenvalue weighted by Gasteiger charge is -1.99. The van der Waals surface area contributed by atoms with Crippen LogP contribution in [0, 0.1) is 10.1 Å². The van der Waals surface area contributed by atoms with Gasteiger partial charge in [0, 0.05) is 34.0 Å². The molecule has 0 aliphatic rings. The van der Waals surface area contributed by atoms with Gasteiger partial charge in [0.25, 0.3) is 11.6 Å². The van der Waals surface area contributed by atoms with Crippen molar-refractivity contribution in [3.63, 3.8) is 0 Å². The monoisotopic (exact) mass is 408 g/mol. The molecule has 0 saturated carbocycles. The minimum absolute atomic E-state index is 0.00741. The van der Waals surface area contributed by atoms with E-state index in [1.54, 1.807) is 22.9 Å². The fourth-order valence-corrected chi connectivity index (χ4v) is 4.02. The van der Waals surface area contributed by atoms with Crippen LogP contribution in [0.15, 0.2) is 65.4 Å². The van der Waals surface area contributed by atoms with Crippen LogP contribution in [0.1, 0.15) is 10.5 Å². The number of benzene rings is 2. The predicted molar refractivity (Wildman–Crippen MR) is 110 cm³/mol. The zero-order valence-corrected chi connectivity index (χ0v) is 15.9. The maximum absolute atomic E-state index is 12.5. The van der Waals surface area contributed by atoms with Crippen LogP contribution in [0.25, 0.3) is 21.8 Å². The summed E-state index contributed by atoms with van der Waals surface area (Å²) in [5, 5.41) is 18.3. The summed E-state index contributed by atoms with van der Waals surface area (Å²) in [6.07, 6.45) is 0. The van der Waals surface area contributed by atoms with Gasteiger partial charge in [-0.2, -0.15) is 0 Å². The number of anilines is 1. The van der Waals surface area contributed by atoms with Gasteiger partial charge < -0.3 is 0 Å². The fourth-order valence-electron chi connectivity index (χ4n) is 2.50. The zero-order chi connectivity index (χ0) is 19.5. The first-order chi connectivity index (χ1) is 13.6. The molecule has 0 aliphatic heterocycles. The van der Waals surface area contributed by atoms with Gasteiger partial charge in [-0.1, -0.05) is 42.5 Å². The lowest BCUT2D eigenvalue weighted by atomic mass is 10.1. The van der Waals surface area contributed by atoms with E-state index in [0.717, 1.165) is 10.6 Å². The highest BCUT2D eigenvalue weighted by atomic mass is 32.1. The Morgan fingerprint density at radius 2 is 1.75 bits per heavy atom. The maximum Gasteiger partial charge on any atom is 0.276 e. The van der Waals surface area contributed by atoms with Crippen molar-refractivity contribution in [1.82, 2.24) is 9.97 Å². The average molecular weight is 408 g/mol. The van der Waals surface area contributed by atoms with E-state index in [9.17, 15) is 14.9 Å². The van der Waals surface area contributed by atoms with E-state index in [0.29, 0.717) is 22.1 Å². The van der Waals surface area contributed by atoms with Crippen molar-refractivity contribution in [3.05, 3.63) is 81.2 Å². The highest BCUT2D eigenvalue weighted by Crippen LogP contribution is 2.28. The first-order valence-corrected chi connectivity index (χ1v) is 9.89. The minimum Gasteiger partial charge on any atom is -0.296 e. The third-order valence-corrected chi connectivity index (χ3v) is 5.48. The number of nitro benzene ring substituents is 1. The van der Waals surface area contributed by atoms with Crippen molar-refractivity contribution in [3.8, 4) is 21.8 Å². The molecule has 0 spiro atoms. The van der Waals surface area contributed by atoms with Crippen LogP contribution in [0.4, 0.5) is 10.8 Å². The quantitative estimate of drug-likeness (QED) is 0.366. The molecule has 2 heterocycles. The predicted octanol–water partition coefficient (Wildman–Crippen LogP) is 5.09. The van der Waals surface area contributed by atoms with Crippen LogP contribution >= 0.6 is 22.7 Å². The molecule has 0 unspecified atom stereocenters. The van der Waals surface area contributed by atoms with Crippen LogP contribution in [-0.2, 0) is 0 Å². The number of hydrogen-bond donors (Lipinski definition) is 1. The molecule has 28 heavy (non-hydrogen) atoms. The number of carbonyl (C=O) groups excluding carboxylic acids is 1. The van der Waals surface area contributed by atoms with Gasteiger partial charge in [0.05, 0.1) is 10.6 Å². The molecule has 4 aromatic rings. The van der Waals surface area contributed by atoms with Crippen molar-refractivity contribution >= 4 is 39.4 Å². The van der Waals surface area contributed by atoms with E-state index in [-0.39, 0.29) is 11.6 Å². The number of rotatable bonds is 5. The maximum atomic E-state index is 12.5. The molecule has 7 nitrogen and oxygen atoms in total. The summed E-state index contributed by atoms with van der Waals surface area (Å²) >= 11 is 2.64. The lowest BCUT2D eigenvalue weighted by molar-refractivity contribution is -0.384. The zero-order valence-electron chi connectivity index (χ0n) is 14.2. The molecular formula is C19H12N4O3S2. The Balaban J connectivity index is 1.50. The first-order valence-electron chi connectivity index (χ1n) is 8.13. The summed E-state index contributed by atoms with van der Waals surface area (Å²) in [7, 11) is 0. The minimum atomic E-state index is -0.453. The molecule has 2 aromatic carbocycles. The summed E-state index contributed by atoms with van der Waals surface area (Å²) in [5.41, 5.74) is 2.44. The summed E-state index contributed by atoms with van der Waals surface area (Å²) in [4.78, 5) is 31.7. The number of nitro groups is 1. The number of nitrogens with one attached hydrogen (secondary N) is 1. The van der Waals surface area contributed by atoms with Gasteiger partial charge in [-0.25, -0.2) is 9.97 Å². The average Bonchev–Trinajstić information content (AvgIpc) is 3.39. The largest absolute Gasteiger partial charge is 0.296 e. The van der Waals surface area contributed by atoms with Gasteiger partial charge in [-0.3, -0.25) is 20.2 Å². The summed E-state index contributed by atoms with van der Waals surface area (Å²) < 4.78 is 0. The Labute approximate surface area is 167 Å². The smallest absolute Gasteiger partial charge is 0.276 e. The van der Waals surface area contributed by atoms with E-state index in [2.05, 4.69) is 15.3 Å². The second-order valence-corrected chi connectivity index (χ2v) is 7.42. The van der Waals surface area contributed by atoms with Gasteiger partial charge in [-0.05, 0) is 0 Å². The number of amides is 1. The first kappa shape index (κ1) is 18.0. The normalized spacial score (nSPS) is 10.6. The van der Waals surface area contributed by atoms with E-state index >= 15 is 0 Å². The van der Waals surface area contributed by atoms with Crippen molar-refractivity contribution < 1.29 is 9.72 Å². The van der Waals surface area contributed by atoms with E-state index in [1.165, 1.54) is 34.8 Å². The van der Waals surface area contributed by atoms with Crippen molar-refractivity contribution in [1.29, 1.82) is 0 Å². The molecule has 1 N–H and O–H groups in total. The Bertz CT molecular complexity index is 1150. The molecule has 0 atom stereocenters. The molecule has 2 aromatic heterocycles. The highest BCUT2D eigenvalue weighted by Gasteiger charge is 2.15. The Morgan fingerprint density at radius 3 is 2.54 bits per heavy atom. The molecule has 0 radical (unpaired) electrons. The third kappa shape index (κ3) is 3.80. The molecule has 0 fully saturated rings. The van der Waals surface area contributed by atoms with Crippen LogP contribution in [0.5, 0.6) is 0 Å². The standard InChI is InChI=1S/C19H12N4O3S2/c24-17(16-11-27-18(20-16)12-5-2-1-3-6-12)22-19-21-15(10-28-19)13-7-4-8-14(9-13)23(25)26/h1-11H,(H,21,22,24). The second-order valence-electron chi connectivity index (χ2n) is 5.70. The summed E-state index contributed by atoms with van der Waals surface area (Å²) in [5.74, 6) is -0.349. The van der Waals surface area contributed by atoms with Crippen molar-refractivity contribution in [2.24, 2.45) is 0 Å². The number of carbonyl (C=O) groups is 1. The number of non-ortho nitro benzene ring substituents is 1. The van der Waals surface area contributed by atoms with Crippen LogP contribution < -0.4 is 5.32 Å². The second kappa shape index (κ2) is 7.67. The molecule has 9 heteroatoms. The van der Waals surface area contributed by atoms with Crippen molar-refractivity contribution in [2.45, 2.75) is 0 Å².